The van der Waals surface area contributed by atoms with Gasteiger partial charge >= 0.3 is 0 Å². The van der Waals surface area contributed by atoms with Gasteiger partial charge in [-0.25, -0.2) is 0 Å². The van der Waals surface area contributed by atoms with Crippen molar-refractivity contribution in [3.63, 3.8) is 0 Å². The van der Waals surface area contributed by atoms with Crippen LogP contribution < -0.4 is 0 Å². The van der Waals surface area contributed by atoms with Crippen LogP contribution in [0.3, 0.4) is 0 Å². The summed E-state index contributed by atoms with van der Waals surface area (Å²) in [5, 5.41) is 0. The van der Waals surface area contributed by atoms with Crippen LogP contribution in [0.2, 0.25) is 0 Å². The molecule has 2 nitrogen and oxygen atoms in total. The highest BCUT2D eigenvalue weighted by Crippen LogP contribution is 2.41. The second-order valence-electron chi connectivity index (χ2n) is 6.36. The van der Waals surface area contributed by atoms with Gasteiger partial charge in [-0.2, -0.15) is 0 Å². The van der Waals surface area contributed by atoms with Crippen molar-refractivity contribution >= 4 is 0 Å². The first kappa shape index (κ1) is 14.3. The number of rotatable bonds is 3. The molecule has 0 fully saturated rings. The molecule has 4 rings (SSSR count). The fourth-order valence-electron chi connectivity index (χ4n) is 3.75. The average molecular weight is 303 g/mol. The Morgan fingerprint density at radius 2 is 1.74 bits per heavy atom. The maximum absolute atomic E-state index is 5.86. The van der Waals surface area contributed by atoms with Gasteiger partial charge in [0.1, 0.15) is 11.3 Å². The van der Waals surface area contributed by atoms with Crippen LogP contribution in [0.4, 0.5) is 0 Å². The quantitative estimate of drug-likeness (QED) is 0.703. The molecule has 2 heterocycles. The van der Waals surface area contributed by atoms with Crippen LogP contribution in [-0.2, 0) is 18.5 Å². The van der Waals surface area contributed by atoms with E-state index in [-0.39, 0.29) is 5.54 Å². The van der Waals surface area contributed by atoms with Crippen molar-refractivity contribution in [2.24, 2.45) is 0 Å². The number of hydrogen-bond donors (Lipinski definition) is 0. The summed E-state index contributed by atoms with van der Waals surface area (Å²) < 4.78 is 5.86. The lowest BCUT2D eigenvalue weighted by Gasteiger charge is -2.45. The molecule has 2 aromatic carbocycles. The first-order valence-electron chi connectivity index (χ1n) is 8.20. The van der Waals surface area contributed by atoms with E-state index in [1.54, 1.807) is 6.26 Å². The third kappa shape index (κ3) is 2.40. The van der Waals surface area contributed by atoms with E-state index in [0.29, 0.717) is 0 Å². The van der Waals surface area contributed by atoms with Crippen LogP contribution in [0, 0.1) is 0 Å². The highest BCUT2D eigenvalue weighted by Gasteiger charge is 2.42. The Balaban J connectivity index is 1.80. The van der Waals surface area contributed by atoms with Gasteiger partial charge in [-0.15, -0.1) is 0 Å². The molecule has 0 N–H and O–H groups in total. The molecule has 0 saturated carbocycles. The van der Waals surface area contributed by atoms with Crippen molar-refractivity contribution in [3.05, 3.63) is 95.4 Å². The summed E-state index contributed by atoms with van der Waals surface area (Å²) in [7, 11) is 0. The van der Waals surface area contributed by atoms with E-state index in [1.165, 1.54) is 16.7 Å². The molecule has 1 aromatic heterocycles. The first-order chi connectivity index (χ1) is 11.3. The molecule has 0 amide bonds. The smallest absolute Gasteiger partial charge is 0.128 e. The molecule has 116 valence electrons. The largest absolute Gasteiger partial charge is 0.467 e. The molecule has 0 radical (unpaired) electrons. The number of benzene rings is 2. The first-order valence-corrected chi connectivity index (χ1v) is 8.20. The van der Waals surface area contributed by atoms with Crippen molar-refractivity contribution in [1.82, 2.24) is 4.90 Å². The Hall–Kier alpha value is -2.32. The third-order valence-electron chi connectivity index (χ3n) is 5.04. The zero-order chi connectivity index (χ0) is 15.7. The summed E-state index contributed by atoms with van der Waals surface area (Å²) in [5.74, 6) is 1.01. The molecule has 1 aliphatic heterocycles. The molecule has 0 saturated heterocycles. The minimum atomic E-state index is -0.228. The lowest BCUT2D eigenvalue weighted by atomic mass is 9.80. The van der Waals surface area contributed by atoms with E-state index < -0.39 is 0 Å². The molecule has 0 aliphatic carbocycles. The maximum atomic E-state index is 5.86. The topological polar surface area (TPSA) is 16.4 Å². The summed E-state index contributed by atoms with van der Waals surface area (Å²) in [5.41, 5.74) is 3.89. The van der Waals surface area contributed by atoms with E-state index in [9.17, 15) is 0 Å². The zero-order valence-corrected chi connectivity index (χ0v) is 13.4. The molecule has 1 unspecified atom stereocenters. The van der Waals surface area contributed by atoms with Gasteiger partial charge in [0.05, 0.1) is 6.26 Å². The van der Waals surface area contributed by atoms with E-state index in [4.69, 9.17) is 4.42 Å². The predicted molar refractivity (Wildman–Crippen MR) is 92.2 cm³/mol. The van der Waals surface area contributed by atoms with Gasteiger partial charge < -0.3 is 4.42 Å². The summed E-state index contributed by atoms with van der Waals surface area (Å²) >= 11 is 0. The fraction of sp³-hybridized carbons (Fsp3) is 0.238. The predicted octanol–water partition coefficient (Wildman–Crippen LogP) is 4.60. The molecular weight excluding hydrogens is 282 g/mol. The van der Waals surface area contributed by atoms with Crippen LogP contribution >= 0.6 is 0 Å². The van der Waals surface area contributed by atoms with Gasteiger partial charge in [-0.3, -0.25) is 4.90 Å². The van der Waals surface area contributed by atoms with Gasteiger partial charge in [0.25, 0.3) is 0 Å². The summed E-state index contributed by atoms with van der Waals surface area (Å²) in [6, 6.07) is 23.5. The van der Waals surface area contributed by atoms with Gasteiger partial charge in [-0.1, -0.05) is 54.6 Å². The molecule has 1 atom stereocenters. The van der Waals surface area contributed by atoms with Crippen molar-refractivity contribution in [3.8, 4) is 0 Å². The highest BCUT2D eigenvalue weighted by atomic mass is 16.3. The van der Waals surface area contributed by atoms with Gasteiger partial charge in [-0.05, 0) is 42.2 Å². The van der Waals surface area contributed by atoms with E-state index in [1.807, 2.05) is 6.07 Å². The molecule has 23 heavy (non-hydrogen) atoms. The molecule has 2 heteroatoms. The minimum absolute atomic E-state index is 0.228. The maximum Gasteiger partial charge on any atom is 0.128 e. The van der Waals surface area contributed by atoms with Crippen LogP contribution in [-0.4, -0.2) is 11.4 Å². The fourth-order valence-corrected chi connectivity index (χ4v) is 3.75. The lowest BCUT2D eigenvalue weighted by Crippen LogP contribution is -2.48. The van der Waals surface area contributed by atoms with E-state index >= 15 is 0 Å². The third-order valence-corrected chi connectivity index (χ3v) is 5.04. The summed E-state index contributed by atoms with van der Waals surface area (Å²) in [6.07, 6.45) is 2.86. The van der Waals surface area contributed by atoms with Crippen molar-refractivity contribution in [1.29, 1.82) is 0 Å². The van der Waals surface area contributed by atoms with Crippen molar-refractivity contribution in [2.75, 3.05) is 6.54 Å². The SMILES string of the molecule is CC1(c2ccco2)c2ccccc2CCN1Cc1ccccc1. The Morgan fingerprint density at radius 1 is 0.957 bits per heavy atom. The van der Waals surface area contributed by atoms with Gasteiger partial charge in [0.15, 0.2) is 0 Å². The Bertz CT molecular complexity index is 779. The van der Waals surface area contributed by atoms with Crippen molar-refractivity contribution < 1.29 is 4.42 Å². The Labute approximate surface area is 137 Å². The monoisotopic (exact) mass is 303 g/mol. The van der Waals surface area contributed by atoms with E-state index in [2.05, 4.69) is 72.5 Å². The molecule has 3 aromatic rings. The summed E-state index contributed by atoms with van der Waals surface area (Å²) in [6.45, 7) is 4.24. The minimum Gasteiger partial charge on any atom is -0.467 e. The molecule has 1 aliphatic rings. The average Bonchev–Trinajstić information content (AvgIpc) is 3.14. The lowest BCUT2D eigenvalue weighted by molar-refractivity contribution is 0.0959. The van der Waals surface area contributed by atoms with Crippen LogP contribution in [0.25, 0.3) is 0 Å². The zero-order valence-electron chi connectivity index (χ0n) is 13.4. The standard InChI is InChI=1S/C21H21NO/c1-21(20-12-7-15-23-20)19-11-6-5-10-18(19)13-14-22(21)16-17-8-3-2-4-9-17/h2-12,15H,13-14,16H2,1H3. The van der Waals surface area contributed by atoms with Crippen LogP contribution in [0.5, 0.6) is 0 Å². The second kappa shape index (κ2) is 5.71. The second-order valence-corrected chi connectivity index (χ2v) is 6.36. The van der Waals surface area contributed by atoms with Gasteiger partial charge in [0, 0.05) is 13.1 Å². The Morgan fingerprint density at radius 3 is 2.52 bits per heavy atom. The number of furan rings is 1. The number of nitrogens with zero attached hydrogens (tertiary/aromatic N) is 1. The molecule has 0 spiro atoms. The summed E-state index contributed by atoms with van der Waals surface area (Å²) in [4.78, 5) is 2.53. The normalized spacial score (nSPS) is 21.1. The number of fused-ring (bicyclic) bond motifs is 1. The van der Waals surface area contributed by atoms with E-state index in [0.717, 1.165) is 25.3 Å². The van der Waals surface area contributed by atoms with Crippen LogP contribution in [0.1, 0.15) is 29.4 Å². The van der Waals surface area contributed by atoms with Crippen molar-refractivity contribution in [2.45, 2.75) is 25.4 Å². The highest BCUT2D eigenvalue weighted by molar-refractivity contribution is 5.41. The Kier molecular flexibility index (Phi) is 3.55. The number of hydrogen-bond acceptors (Lipinski definition) is 2. The van der Waals surface area contributed by atoms with Crippen LogP contribution in [0.15, 0.2) is 77.4 Å². The van der Waals surface area contributed by atoms with Gasteiger partial charge in [0.2, 0.25) is 0 Å². The molecular formula is C21H21NO. The molecule has 0 bridgehead atoms.